The van der Waals surface area contributed by atoms with Gasteiger partial charge in [0.25, 0.3) is 5.56 Å². The summed E-state index contributed by atoms with van der Waals surface area (Å²) in [5, 5.41) is 4.23. The molecule has 1 atom stereocenters. The zero-order valence-corrected chi connectivity index (χ0v) is 25.0. The zero-order valence-electron chi connectivity index (χ0n) is 24.2. The molecular formula is C33H28N4O6S. The molecule has 3 aromatic heterocycles. The van der Waals surface area contributed by atoms with E-state index in [-0.39, 0.29) is 12.3 Å². The molecule has 1 N–H and O–H groups in total. The number of benzene rings is 3. The first-order valence-corrected chi connectivity index (χ1v) is 14.8. The standard InChI is InChI=1S/C33H28N4O6S/c1-4-24-17-27-30(39)37(19(2)28(38)22-13-15-23(42-3)16-14-22)33(41)36(31(27)44-24)18-20-9-11-21(12-10-20)25-7-5-6-8-26(25)29-34-32(40)43-35-29/h5-17,19H,4,18H2,1-3H3,(H,34,35,40). The largest absolute Gasteiger partial charge is 0.497 e. The van der Waals surface area contributed by atoms with E-state index in [0.29, 0.717) is 39.3 Å². The molecule has 0 radical (unpaired) electrons. The summed E-state index contributed by atoms with van der Waals surface area (Å²) < 4.78 is 12.5. The number of Topliss-reactive ketones (excluding diaryl/α,β-unsaturated/α-hetero) is 1. The van der Waals surface area contributed by atoms with Gasteiger partial charge in [-0.15, -0.1) is 11.3 Å². The molecule has 0 fully saturated rings. The van der Waals surface area contributed by atoms with Crippen molar-refractivity contribution in [3.8, 4) is 28.3 Å². The van der Waals surface area contributed by atoms with Crippen molar-refractivity contribution in [1.29, 1.82) is 0 Å². The summed E-state index contributed by atoms with van der Waals surface area (Å²) >= 11 is 1.41. The third kappa shape index (κ3) is 5.22. The number of fused-ring (bicyclic) bond motifs is 1. The number of methoxy groups -OCH3 is 1. The first kappa shape index (κ1) is 28.8. The van der Waals surface area contributed by atoms with Crippen LogP contribution in [0.15, 0.2) is 97.8 Å². The molecule has 0 bridgehead atoms. The van der Waals surface area contributed by atoms with Crippen LogP contribution in [0.1, 0.15) is 40.7 Å². The van der Waals surface area contributed by atoms with E-state index in [9.17, 15) is 19.2 Å². The summed E-state index contributed by atoms with van der Waals surface area (Å²) in [5.74, 6) is -0.0556. The monoisotopic (exact) mass is 608 g/mol. The van der Waals surface area contributed by atoms with Gasteiger partial charge in [-0.1, -0.05) is 60.6 Å². The molecule has 0 saturated heterocycles. The topological polar surface area (TPSA) is 129 Å². The SMILES string of the molecule is CCc1cc2c(=O)n(C(C)C(=O)c3ccc(OC)cc3)c(=O)n(Cc3ccc(-c4ccccc4-c4noc(=O)[nH]4)cc3)c2s1. The number of hydrogen-bond acceptors (Lipinski definition) is 8. The highest BCUT2D eigenvalue weighted by Crippen LogP contribution is 2.30. The maximum Gasteiger partial charge on any atom is 0.439 e. The second kappa shape index (κ2) is 11.8. The van der Waals surface area contributed by atoms with Gasteiger partial charge in [-0.3, -0.25) is 23.7 Å². The molecule has 3 heterocycles. The molecule has 6 rings (SSSR count). The number of aryl methyl sites for hydroxylation is 1. The predicted molar refractivity (Wildman–Crippen MR) is 169 cm³/mol. The molecule has 0 saturated carbocycles. The van der Waals surface area contributed by atoms with E-state index in [1.54, 1.807) is 35.8 Å². The summed E-state index contributed by atoms with van der Waals surface area (Å²) in [5.41, 5.74) is 2.59. The summed E-state index contributed by atoms with van der Waals surface area (Å²) in [6.45, 7) is 3.76. The molecule has 222 valence electrons. The van der Waals surface area contributed by atoms with Gasteiger partial charge in [-0.05, 0) is 60.4 Å². The van der Waals surface area contributed by atoms with E-state index in [1.807, 2.05) is 61.5 Å². The minimum absolute atomic E-state index is 0.196. The van der Waals surface area contributed by atoms with Gasteiger partial charge >= 0.3 is 11.4 Å². The lowest BCUT2D eigenvalue weighted by molar-refractivity contribution is 0.0930. The van der Waals surface area contributed by atoms with Crippen LogP contribution in [0.2, 0.25) is 0 Å². The Hall–Kier alpha value is -5.29. The second-order valence-corrected chi connectivity index (χ2v) is 11.4. The number of ether oxygens (including phenoxy) is 1. The van der Waals surface area contributed by atoms with Crippen molar-refractivity contribution < 1.29 is 14.1 Å². The van der Waals surface area contributed by atoms with Crippen molar-refractivity contribution in [2.75, 3.05) is 7.11 Å². The van der Waals surface area contributed by atoms with E-state index < -0.39 is 23.0 Å². The lowest BCUT2D eigenvalue weighted by Crippen LogP contribution is -2.43. The molecule has 0 aliphatic heterocycles. The van der Waals surface area contributed by atoms with Crippen molar-refractivity contribution >= 4 is 27.3 Å². The Morgan fingerprint density at radius 1 is 1.00 bits per heavy atom. The highest BCUT2D eigenvalue weighted by atomic mass is 32.1. The Balaban J connectivity index is 1.39. The zero-order chi connectivity index (χ0) is 31.0. The number of H-pyrrole nitrogens is 1. The normalized spacial score (nSPS) is 12.0. The minimum atomic E-state index is -1.02. The van der Waals surface area contributed by atoms with Crippen LogP contribution in [-0.2, 0) is 13.0 Å². The average Bonchev–Trinajstić information content (AvgIpc) is 3.70. The van der Waals surface area contributed by atoms with E-state index in [2.05, 4.69) is 10.1 Å². The Morgan fingerprint density at radius 3 is 2.34 bits per heavy atom. The molecule has 0 amide bonds. The number of nitrogens with one attached hydrogen (secondary N) is 1. The van der Waals surface area contributed by atoms with Crippen LogP contribution in [0.4, 0.5) is 0 Å². The van der Waals surface area contributed by atoms with Gasteiger partial charge in [0.2, 0.25) is 0 Å². The van der Waals surface area contributed by atoms with Gasteiger partial charge in [0, 0.05) is 16.0 Å². The quantitative estimate of drug-likeness (QED) is 0.221. The van der Waals surface area contributed by atoms with Crippen molar-refractivity contribution in [3.05, 3.63) is 126 Å². The number of carbonyl (C=O) groups is 1. The molecule has 1 unspecified atom stereocenters. The first-order valence-electron chi connectivity index (χ1n) is 14.0. The summed E-state index contributed by atoms with van der Waals surface area (Å²) in [4.78, 5) is 56.8. The second-order valence-electron chi connectivity index (χ2n) is 10.3. The average molecular weight is 609 g/mol. The number of nitrogens with zero attached hydrogens (tertiary/aromatic N) is 3. The molecule has 0 aliphatic carbocycles. The van der Waals surface area contributed by atoms with Crippen LogP contribution >= 0.6 is 11.3 Å². The van der Waals surface area contributed by atoms with Gasteiger partial charge in [0.1, 0.15) is 16.6 Å². The number of ketones is 1. The van der Waals surface area contributed by atoms with Crippen molar-refractivity contribution in [1.82, 2.24) is 19.3 Å². The molecule has 0 aliphatic rings. The fourth-order valence-electron chi connectivity index (χ4n) is 5.25. The van der Waals surface area contributed by atoms with Gasteiger partial charge in [0.05, 0.1) is 19.0 Å². The van der Waals surface area contributed by atoms with Crippen LogP contribution in [0.5, 0.6) is 5.75 Å². The maximum absolute atomic E-state index is 14.0. The molecule has 6 aromatic rings. The molecule has 10 nitrogen and oxygen atoms in total. The van der Waals surface area contributed by atoms with Gasteiger partial charge < -0.3 is 4.74 Å². The third-order valence-corrected chi connectivity index (χ3v) is 8.92. The van der Waals surface area contributed by atoms with Crippen LogP contribution in [0.3, 0.4) is 0 Å². The molecule has 44 heavy (non-hydrogen) atoms. The van der Waals surface area contributed by atoms with E-state index >= 15 is 0 Å². The van der Waals surface area contributed by atoms with E-state index in [4.69, 9.17) is 9.26 Å². The summed E-state index contributed by atoms with van der Waals surface area (Å²) in [6.07, 6.45) is 0.707. The Bertz CT molecular complexity index is 2170. The van der Waals surface area contributed by atoms with Gasteiger partial charge in [-0.2, -0.15) is 0 Å². The van der Waals surface area contributed by atoms with Crippen LogP contribution in [-0.4, -0.2) is 32.2 Å². The van der Waals surface area contributed by atoms with Crippen molar-refractivity contribution in [2.45, 2.75) is 32.9 Å². The Labute approximate surface area is 254 Å². The first-order chi connectivity index (χ1) is 21.3. The van der Waals surface area contributed by atoms with Gasteiger partial charge in [0.15, 0.2) is 11.6 Å². The number of hydrogen-bond donors (Lipinski definition) is 1. The summed E-state index contributed by atoms with van der Waals surface area (Å²) in [6, 6.07) is 22.5. The lowest BCUT2D eigenvalue weighted by Gasteiger charge is -2.17. The summed E-state index contributed by atoms with van der Waals surface area (Å²) in [7, 11) is 1.54. The maximum atomic E-state index is 14.0. The van der Waals surface area contributed by atoms with Crippen molar-refractivity contribution in [2.24, 2.45) is 0 Å². The van der Waals surface area contributed by atoms with E-state index in [0.717, 1.165) is 26.1 Å². The number of rotatable bonds is 9. The number of carbonyl (C=O) groups excluding carboxylic acids is 1. The third-order valence-electron chi connectivity index (χ3n) is 7.61. The molecular weight excluding hydrogens is 580 g/mol. The number of aromatic amines is 1. The predicted octanol–water partition coefficient (Wildman–Crippen LogP) is 5.30. The molecule has 3 aromatic carbocycles. The lowest BCUT2D eigenvalue weighted by atomic mass is 9.98. The molecule has 11 heteroatoms. The fraction of sp³-hybridized carbons (Fsp3) is 0.182. The Morgan fingerprint density at radius 2 is 1.70 bits per heavy atom. The van der Waals surface area contributed by atoms with Crippen LogP contribution in [0, 0.1) is 0 Å². The van der Waals surface area contributed by atoms with Crippen LogP contribution < -0.4 is 21.7 Å². The highest BCUT2D eigenvalue weighted by Gasteiger charge is 2.25. The van der Waals surface area contributed by atoms with Gasteiger partial charge in [-0.25, -0.2) is 14.2 Å². The smallest absolute Gasteiger partial charge is 0.439 e. The fourth-order valence-corrected chi connectivity index (χ4v) is 6.33. The minimum Gasteiger partial charge on any atom is -0.497 e. The highest BCUT2D eigenvalue weighted by molar-refractivity contribution is 7.18. The van der Waals surface area contributed by atoms with Crippen LogP contribution in [0.25, 0.3) is 32.7 Å². The number of aromatic nitrogens is 4. The number of thiophene rings is 1. The van der Waals surface area contributed by atoms with Crippen molar-refractivity contribution in [3.63, 3.8) is 0 Å². The van der Waals surface area contributed by atoms with E-state index in [1.165, 1.54) is 18.4 Å². The molecule has 0 spiro atoms. The Kier molecular flexibility index (Phi) is 7.71.